The van der Waals surface area contributed by atoms with Gasteiger partial charge in [0, 0.05) is 19.3 Å². The summed E-state index contributed by atoms with van der Waals surface area (Å²) in [7, 11) is 0. The number of carboxylic acid groups (broad SMARTS) is 1. The van der Waals surface area contributed by atoms with Crippen molar-refractivity contribution in [1.82, 2.24) is 5.32 Å². The van der Waals surface area contributed by atoms with Gasteiger partial charge < -0.3 is 15.2 Å². The zero-order chi connectivity index (χ0) is 10.7. The van der Waals surface area contributed by atoms with Crippen LogP contribution in [0.1, 0.15) is 25.7 Å². The quantitative estimate of drug-likeness (QED) is 0.678. The first-order chi connectivity index (χ1) is 7.29. The van der Waals surface area contributed by atoms with Crippen molar-refractivity contribution >= 4 is 5.97 Å². The summed E-state index contributed by atoms with van der Waals surface area (Å²) in [4.78, 5) is 11.2. The lowest BCUT2D eigenvalue weighted by atomic mass is 9.81. The summed E-state index contributed by atoms with van der Waals surface area (Å²) in [5, 5.41) is 12.7. The predicted octanol–water partition coefficient (Wildman–Crippen LogP) is 0.866. The molecule has 86 valence electrons. The fraction of sp³-hybridized carbons (Fsp3) is 0.909. The van der Waals surface area contributed by atoms with Gasteiger partial charge in [-0.1, -0.05) is 0 Å². The summed E-state index contributed by atoms with van der Waals surface area (Å²) >= 11 is 0. The van der Waals surface area contributed by atoms with Gasteiger partial charge >= 0.3 is 5.97 Å². The SMILES string of the molecule is O=C(O)C1CCCNC2CCOCCC21. The summed E-state index contributed by atoms with van der Waals surface area (Å²) in [6.07, 6.45) is 3.62. The first kappa shape index (κ1) is 10.9. The highest BCUT2D eigenvalue weighted by molar-refractivity contribution is 5.70. The molecular weight excluding hydrogens is 194 g/mol. The van der Waals surface area contributed by atoms with Crippen molar-refractivity contribution in [1.29, 1.82) is 0 Å². The Morgan fingerprint density at radius 1 is 1.27 bits per heavy atom. The Bertz CT molecular complexity index is 230. The largest absolute Gasteiger partial charge is 0.481 e. The maximum absolute atomic E-state index is 11.2. The molecule has 15 heavy (non-hydrogen) atoms. The third-order valence-electron chi connectivity index (χ3n) is 3.62. The molecule has 0 radical (unpaired) electrons. The Balaban J connectivity index is 2.12. The van der Waals surface area contributed by atoms with Gasteiger partial charge in [-0.2, -0.15) is 0 Å². The monoisotopic (exact) mass is 213 g/mol. The lowest BCUT2D eigenvalue weighted by molar-refractivity contribution is -0.144. The van der Waals surface area contributed by atoms with Crippen LogP contribution in [0.2, 0.25) is 0 Å². The fourth-order valence-electron chi connectivity index (χ4n) is 2.81. The molecule has 0 aromatic heterocycles. The second-order valence-corrected chi connectivity index (χ2v) is 4.50. The third-order valence-corrected chi connectivity index (χ3v) is 3.62. The van der Waals surface area contributed by atoms with Crippen molar-refractivity contribution in [3.05, 3.63) is 0 Å². The molecule has 0 amide bonds. The minimum atomic E-state index is -0.629. The molecule has 2 saturated heterocycles. The molecule has 0 bridgehead atoms. The number of hydrogen-bond acceptors (Lipinski definition) is 3. The highest BCUT2D eigenvalue weighted by Gasteiger charge is 2.36. The van der Waals surface area contributed by atoms with Crippen LogP contribution in [0.3, 0.4) is 0 Å². The molecule has 4 nitrogen and oxygen atoms in total. The zero-order valence-electron chi connectivity index (χ0n) is 8.95. The Morgan fingerprint density at radius 2 is 2.07 bits per heavy atom. The molecule has 0 spiro atoms. The standard InChI is InChI=1S/C11H19NO3/c13-11(14)9-2-1-5-12-10-4-7-15-6-3-8(9)10/h8-10,12H,1-7H2,(H,13,14). The molecule has 0 aromatic carbocycles. The molecule has 2 heterocycles. The van der Waals surface area contributed by atoms with Gasteiger partial charge in [-0.15, -0.1) is 0 Å². The van der Waals surface area contributed by atoms with Crippen molar-refractivity contribution in [3.8, 4) is 0 Å². The fourth-order valence-corrected chi connectivity index (χ4v) is 2.81. The van der Waals surface area contributed by atoms with Crippen LogP contribution in [0, 0.1) is 11.8 Å². The molecule has 0 aliphatic carbocycles. The smallest absolute Gasteiger partial charge is 0.306 e. The Hall–Kier alpha value is -0.610. The van der Waals surface area contributed by atoms with Gasteiger partial charge in [-0.3, -0.25) is 4.79 Å². The first-order valence-electron chi connectivity index (χ1n) is 5.83. The second-order valence-electron chi connectivity index (χ2n) is 4.50. The lowest BCUT2D eigenvalue weighted by Gasteiger charge is -2.27. The number of aliphatic carboxylic acids is 1. The van der Waals surface area contributed by atoms with E-state index in [4.69, 9.17) is 4.74 Å². The number of ether oxygens (including phenoxy) is 1. The molecule has 0 aromatic rings. The summed E-state index contributed by atoms with van der Waals surface area (Å²) in [5.74, 6) is -0.546. The topological polar surface area (TPSA) is 58.6 Å². The highest BCUT2D eigenvalue weighted by Crippen LogP contribution is 2.30. The maximum Gasteiger partial charge on any atom is 0.306 e. The molecule has 2 fully saturated rings. The van der Waals surface area contributed by atoms with Crippen LogP contribution in [0.25, 0.3) is 0 Å². The van der Waals surface area contributed by atoms with Gasteiger partial charge in [0.2, 0.25) is 0 Å². The first-order valence-corrected chi connectivity index (χ1v) is 5.83. The van der Waals surface area contributed by atoms with Crippen molar-refractivity contribution in [2.75, 3.05) is 19.8 Å². The van der Waals surface area contributed by atoms with E-state index < -0.39 is 5.97 Å². The molecule has 3 unspecified atom stereocenters. The van der Waals surface area contributed by atoms with Crippen molar-refractivity contribution < 1.29 is 14.6 Å². The number of hydrogen-bond donors (Lipinski definition) is 2. The summed E-state index contributed by atoms with van der Waals surface area (Å²) < 4.78 is 5.42. The Morgan fingerprint density at radius 3 is 2.87 bits per heavy atom. The van der Waals surface area contributed by atoms with Crippen molar-refractivity contribution in [2.45, 2.75) is 31.7 Å². The minimum Gasteiger partial charge on any atom is -0.481 e. The Kier molecular flexibility index (Phi) is 3.59. The molecule has 3 atom stereocenters. The summed E-state index contributed by atoms with van der Waals surface area (Å²) in [6, 6.07) is 0.344. The van der Waals surface area contributed by atoms with E-state index in [1.807, 2.05) is 0 Å². The van der Waals surface area contributed by atoms with Crippen LogP contribution in [0.4, 0.5) is 0 Å². The van der Waals surface area contributed by atoms with E-state index in [-0.39, 0.29) is 11.8 Å². The van der Waals surface area contributed by atoms with E-state index in [9.17, 15) is 9.90 Å². The predicted molar refractivity (Wildman–Crippen MR) is 55.7 cm³/mol. The summed E-state index contributed by atoms with van der Waals surface area (Å²) in [6.45, 7) is 2.43. The van der Waals surface area contributed by atoms with E-state index >= 15 is 0 Å². The van der Waals surface area contributed by atoms with Gasteiger partial charge in [0.1, 0.15) is 0 Å². The van der Waals surface area contributed by atoms with Gasteiger partial charge in [0.15, 0.2) is 0 Å². The molecule has 0 saturated carbocycles. The van der Waals surface area contributed by atoms with Gasteiger partial charge in [-0.25, -0.2) is 0 Å². The van der Waals surface area contributed by atoms with E-state index in [0.29, 0.717) is 12.6 Å². The number of nitrogens with one attached hydrogen (secondary N) is 1. The number of carboxylic acids is 1. The van der Waals surface area contributed by atoms with E-state index in [1.54, 1.807) is 0 Å². The average Bonchev–Trinajstić information content (AvgIpc) is 2.51. The van der Waals surface area contributed by atoms with Crippen LogP contribution >= 0.6 is 0 Å². The minimum absolute atomic E-state index is 0.174. The summed E-state index contributed by atoms with van der Waals surface area (Å²) in [5.41, 5.74) is 0. The van der Waals surface area contributed by atoms with Crippen LogP contribution in [-0.4, -0.2) is 36.9 Å². The third kappa shape index (κ3) is 2.49. The van der Waals surface area contributed by atoms with Gasteiger partial charge in [0.25, 0.3) is 0 Å². The lowest BCUT2D eigenvalue weighted by Crippen LogP contribution is -2.39. The second kappa shape index (κ2) is 4.94. The molecule has 2 N–H and O–H groups in total. The van der Waals surface area contributed by atoms with Crippen LogP contribution in [-0.2, 0) is 9.53 Å². The van der Waals surface area contributed by atoms with E-state index in [1.165, 1.54) is 0 Å². The zero-order valence-corrected chi connectivity index (χ0v) is 8.95. The number of carbonyl (C=O) groups is 1. The van der Waals surface area contributed by atoms with Gasteiger partial charge in [-0.05, 0) is 38.1 Å². The highest BCUT2D eigenvalue weighted by atomic mass is 16.5. The van der Waals surface area contributed by atoms with Crippen LogP contribution in [0.5, 0.6) is 0 Å². The number of fused-ring (bicyclic) bond motifs is 1. The molecule has 4 heteroatoms. The number of rotatable bonds is 1. The van der Waals surface area contributed by atoms with Crippen LogP contribution < -0.4 is 5.32 Å². The van der Waals surface area contributed by atoms with E-state index in [0.717, 1.165) is 38.8 Å². The van der Waals surface area contributed by atoms with Crippen molar-refractivity contribution in [3.63, 3.8) is 0 Å². The van der Waals surface area contributed by atoms with Crippen molar-refractivity contribution in [2.24, 2.45) is 11.8 Å². The average molecular weight is 213 g/mol. The molecule has 2 aliphatic heterocycles. The normalized spacial score (nSPS) is 37.5. The van der Waals surface area contributed by atoms with Gasteiger partial charge in [0.05, 0.1) is 5.92 Å². The maximum atomic E-state index is 11.2. The van der Waals surface area contributed by atoms with E-state index in [2.05, 4.69) is 5.32 Å². The Labute approximate surface area is 90.0 Å². The molecular formula is C11H19NO3. The van der Waals surface area contributed by atoms with Crippen LogP contribution in [0.15, 0.2) is 0 Å². The molecule has 2 aliphatic rings. The molecule has 2 rings (SSSR count).